The normalized spacial score (nSPS) is 14.9. The summed E-state index contributed by atoms with van der Waals surface area (Å²) in [7, 11) is 0. The molecule has 0 bridgehead atoms. The van der Waals surface area contributed by atoms with Gasteiger partial charge >= 0.3 is 0 Å². The van der Waals surface area contributed by atoms with Gasteiger partial charge in [-0.25, -0.2) is 0 Å². The Morgan fingerprint density at radius 3 is 2.60 bits per heavy atom. The van der Waals surface area contributed by atoms with Crippen molar-refractivity contribution in [2.75, 3.05) is 13.2 Å². The van der Waals surface area contributed by atoms with Crippen LogP contribution in [0.5, 0.6) is 11.5 Å². The molecule has 0 N–H and O–H groups in total. The number of ether oxygens (including phenoxy) is 2. The summed E-state index contributed by atoms with van der Waals surface area (Å²) in [5.41, 5.74) is 3.25. The molecular weight excluding hydrogens is 340 g/mol. The summed E-state index contributed by atoms with van der Waals surface area (Å²) in [6.07, 6.45) is 0. The first-order chi connectivity index (χ1) is 9.65. The molecule has 0 aromatic heterocycles. The minimum atomic E-state index is -0.222. The number of benzene rings is 2. The maximum Gasteiger partial charge on any atom is 0.161 e. The lowest BCUT2D eigenvalue weighted by Crippen LogP contribution is -2.15. The molecule has 2 aromatic rings. The van der Waals surface area contributed by atoms with E-state index >= 15 is 0 Å². The SMILES string of the molecule is Cc1ccc(Br)c(C(Cl)c2ccc3c(c2)OCCO3)c1. The predicted octanol–water partition coefficient (Wildman–Crippen LogP) is 4.86. The maximum absolute atomic E-state index is 6.62. The summed E-state index contributed by atoms with van der Waals surface area (Å²) in [4.78, 5) is 0. The lowest BCUT2D eigenvalue weighted by molar-refractivity contribution is 0.171. The van der Waals surface area contributed by atoms with Crippen LogP contribution in [0.1, 0.15) is 22.1 Å². The van der Waals surface area contributed by atoms with Gasteiger partial charge in [0.25, 0.3) is 0 Å². The van der Waals surface area contributed by atoms with Crippen molar-refractivity contribution < 1.29 is 9.47 Å². The van der Waals surface area contributed by atoms with Crippen LogP contribution in [0.3, 0.4) is 0 Å². The van der Waals surface area contributed by atoms with E-state index in [9.17, 15) is 0 Å². The summed E-state index contributed by atoms with van der Waals surface area (Å²) < 4.78 is 12.2. The average molecular weight is 354 g/mol. The minimum Gasteiger partial charge on any atom is -0.486 e. The number of alkyl halides is 1. The van der Waals surface area contributed by atoms with Gasteiger partial charge in [0.15, 0.2) is 11.5 Å². The van der Waals surface area contributed by atoms with E-state index in [1.165, 1.54) is 5.56 Å². The van der Waals surface area contributed by atoms with Crippen molar-refractivity contribution in [2.45, 2.75) is 12.3 Å². The third-order valence-corrected chi connectivity index (χ3v) is 4.49. The molecule has 0 radical (unpaired) electrons. The first kappa shape index (κ1) is 13.8. The fourth-order valence-corrected chi connectivity index (χ4v) is 3.18. The van der Waals surface area contributed by atoms with Gasteiger partial charge in [0.1, 0.15) is 13.2 Å². The van der Waals surface area contributed by atoms with Crippen LogP contribution < -0.4 is 9.47 Å². The van der Waals surface area contributed by atoms with Crippen molar-refractivity contribution in [2.24, 2.45) is 0 Å². The number of hydrogen-bond donors (Lipinski definition) is 0. The Hall–Kier alpha value is -1.19. The van der Waals surface area contributed by atoms with Gasteiger partial charge < -0.3 is 9.47 Å². The Labute approximate surface area is 131 Å². The van der Waals surface area contributed by atoms with Gasteiger partial charge in [-0.2, -0.15) is 0 Å². The van der Waals surface area contributed by atoms with Gasteiger partial charge in [-0.15, -0.1) is 11.6 Å². The number of hydrogen-bond acceptors (Lipinski definition) is 2. The highest BCUT2D eigenvalue weighted by atomic mass is 79.9. The first-order valence-electron chi connectivity index (χ1n) is 6.45. The molecule has 0 fully saturated rings. The van der Waals surface area contributed by atoms with Gasteiger partial charge in [0.05, 0.1) is 5.38 Å². The maximum atomic E-state index is 6.62. The fraction of sp³-hybridized carbons (Fsp3) is 0.250. The minimum absolute atomic E-state index is 0.222. The monoisotopic (exact) mass is 352 g/mol. The molecule has 4 heteroatoms. The topological polar surface area (TPSA) is 18.5 Å². The second-order valence-corrected chi connectivity index (χ2v) is 6.08. The van der Waals surface area contributed by atoms with Crippen molar-refractivity contribution >= 4 is 27.5 Å². The molecule has 1 aliphatic heterocycles. The summed E-state index contributed by atoms with van der Waals surface area (Å²) in [5, 5.41) is -0.222. The molecule has 3 rings (SSSR count). The largest absolute Gasteiger partial charge is 0.486 e. The van der Waals surface area contributed by atoms with Crippen molar-refractivity contribution in [3.05, 3.63) is 57.6 Å². The number of fused-ring (bicyclic) bond motifs is 1. The number of aryl methyl sites for hydroxylation is 1. The van der Waals surface area contributed by atoms with Crippen molar-refractivity contribution in [1.82, 2.24) is 0 Å². The predicted molar refractivity (Wildman–Crippen MR) is 84.0 cm³/mol. The van der Waals surface area contributed by atoms with Crippen LogP contribution in [0.2, 0.25) is 0 Å². The zero-order valence-corrected chi connectivity index (χ0v) is 13.4. The van der Waals surface area contributed by atoms with E-state index in [0.717, 1.165) is 27.1 Å². The van der Waals surface area contributed by atoms with E-state index < -0.39 is 0 Å². The van der Waals surface area contributed by atoms with E-state index in [0.29, 0.717) is 13.2 Å². The summed E-state index contributed by atoms with van der Waals surface area (Å²) >= 11 is 10.2. The highest BCUT2D eigenvalue weighted by Gasteiger charge is 2.18. The Balaban J connectivity index is 1.97. The second-order valence-electron chi connectivity index (χ2n) is 4.79. The van der Waals surface area contributed by atoms with Crippen LogP contribution in [-0.2, 0) is 0 Å². The molecule has 2 aromatic carbocycles. The molecule has 104 valence electrons. The lowest BCUT2D eigenvalue weighted by atomic mass is 10.0. The van der Waals surface area contributed by atoms with Crippen LogP contribution in [-0.4, -0.2) is 13.2 Å². The molecule has 0 aliphatic carbocycles. The summed E-state index contributed by atoms with van der Waals surface area (Å²) in [6, 6.07) is 12.0. The molecule has 0 spiro atoms. The number of halogens is 2. The van der Waals surface area contributed by atoms with Crippen LogP contribution in [0, 0.1) is 6.92 Å². The second kappa shape index (κ2) is 5.66. The molecule has 0 saturated heterocycles. The van der Waals surface area contributed by atoms with Crippen LogP contribution in [0.25, 0.3) is 0 Å². The Bertz CT molecular complexity index is 642. The van der Waals surface area contributed by atoms with E-state index in [1.807, 2.05) is 24.3 Å². The molecule has 2 nitrogen and oxygen atoms in total. The third kappa shape index (κ3) is 2.65. The molecule has 20 heavy (non-hydrogen) atoms. The van der Waals surface area contributed by atoms with Gasteiger partial charge in [-0.1, -0.05) is 39.7 Å². The first-order valence-corrected chi connectivity index (χ1v) is 7.68. The molecule has 0 amide bonds. The van der Waals surface area contributed by atoms with Gasteiger partial charge in [-0.3, -0.25) is 0 Å². The zero-order valence-electron chi connectivity index (χ0n) is 11.0. The molecule has 1 aliphatic rings. The van der Waals surface area contributed by atoms with Gasteiger partial charge in [0, 0.05) is 4.47 Å². The molecule has 1 atom stereocenters. The number of rotatable bonds is 2. The van der Waals surface area contributed by atoms with E-state index in [2.05, 4.69) is 35.0 Å². The molecule has 1 heterocycles. The van der Waals surface area contributed by atoms with Crippen LogP contribution >= 0.6 is 27.5 Å². The van der Waals surface area contributed by atoms with E-state index in [-0.39, 0.29) is 5.38 Å². The fourth-order valence-electron chi connectivity index (χ4n) is 2.25. The standard InChI is InChI=1S/C16H14BrClO2/c1-10-2-4-13(17)12(8-10)16(18)11-3-5-14-15(9-11)20-7-6-19-14/h2-5,8-9,16H,6-7H2,1H3. The Morgan fingerprint density at radius 1 is 1.05 bits per heavy atom. The highest BCUT2D eigenvalue weighted by Crippen LogP contribution is 2.39. The zero-order chi connectivity index (χ0) is 14.1. The van der Waals surface area contributed by atoms with Crippen molar-refractivity contribution in [3.63, 3.8) is 0 Å². The third-order valence-electron chi connectivity index (χ3n) is 3.28. The summed E-state index contributed by atoms with van der Waals surface area (Å²) in [5.74, 6) is 1.55. The van der Waals surface area contributed by atoms with E-state index in [1.54, 1.807) is 0 Å². The molecular formula is C16H14BrClO2. The molecule has 1 unspecified atom stereocenters. The highest BCUT2D eigenvalue weighted by molar-refractivity contribution is 9.10. The van der Waals surface area contributed by atoms with Crippen LogP contribution in [0.4, 0.5) is 0 Å². The molecule has 0 saturated carbocycles. The van der Waals surface area contributed by atoms with Gasteiger partial charge in [0.2, 0.25) is 0 Å². The van der Waals surface area contributed by atoms with Crippen molar-refractivity contribution in [1.29, 1.82) is 0 Å². The average Bonchev–Trinajstić information content (AvgIpc) is 2.48. The lowest BCUT2D eigenvalue weighted by Gasteiger charge is -2.20. The van der Waals surface area contributed by atoms with Gasteiger partial charge in [-0.05, 0) is 36.2 Å². The smallest absolute Gasteiger partial charge is 0.161 e. The van der Waals surface area contributed by atoms with E-state index in [4.69, 9.17) is 21.1 Å². The Morgan fingerprint density at radius 2 is 1.80 bits per heavy atom. The quantitative estimate of drug-likeness (QED) is 0.718. The summed E-state index contributed by atoms with van der Waals surface area (Å²) in [6.45, 7) is 3.24. The van der Waals surface area contributed by atoms with Crippen molar-refractivity contribution in [3.8, 4) is 11.5 Å². The Kier molecular flexibility index (Phi) is 3.90. The van der Waals surface area contributed by atoms with Crippen LogP contribution in [0.15, 0.2) is 40.9 Å².